The van der Waals surface area contributed by atoms with Gasteiger partial charge in [-0.3, -0.25) is 9.59 Å². The summed E-state index contributed by atoms with van der Waals surface area (Å²) in [7, 11) is 0. The van der Waals surface area contributed by atoms with Crippen LogP contribution in [0.15, 0.2) is 42.5 Å². The number of carbonyl (C=O) groups excluding carboxylic acids is 2. The molecule has 29 heavy (non-hydrogen) atoms. The van der Waals surface area contributed by atoms with Crippen LogP contribution in [0.4, 0.5) is 5.69 Å². The quantitative estimate of drug-likeness (QED) is 0.706. The van der Waals surface area contributed by atoms with Crippen LogP contribution in [0.3, 0.4) is 0 Å². The molecule has 2 aliphatic rings. The van der Waals surface area contributed by atoms with E-state index >= 15 is 0 Å². The molecule has 2 amide bonds. The second kappa shape index (κ2) is 7.66. The lowest BCUT2D eigenvalue weighted by molar-refractivity contribution is -0.125. The number of amides is 2. The summed E-state index contributed by atoms with van der Waals surface area (Å²) in [5.74, 6) is -0.126. The minimum absolute atomic E-state index is 0.0187. The first-order chi connectivity index (χ1) is 13.8. The fraction of sp³-hybridized carbons (Fsp3) is 0.391. The molecule has 0 radical (unpaired) electrons. The molecule has 1 saturated heterocycles. The Morgan fingerprint density at radius 2 is 1.86 bits per heavy atom. The zero-order valence-corrected chi connectivity index (χ0v) is 18.0. The van der Waals surface area contributed by atoms with E-state index in [0.29, 0.717) is 28.9 Å². The summed E-state index contributed by atoms with van der Waals surface area (Å²) in [4.78, 5) is 26.4. The Kier molecular flexibility index (Phi) is 5.34. The first-order valence-corrected chi connectivity index (χ1v) is 10.7. The number of fused-ring (bicyclic) bond motifs is 2. The summed E-state index contributed by atoms with van der Waals surface area (Å²) in [5, 5.41) is 7.29. The number of halogens is 2. The maximum atomic E-state index is 13.7. The molecule has 2 N–H and O–H groups in total. The average molecular weight is 431 g/mol. The molecule has 152 valence electrons. The Morgan fingerprint density at radius 3 is 2.59 bits per heavy atom. The molecular formula is C23H24Cl2N2O2. The summed E-state index contributed by atoms with van der Waals surface area (Å²) in [5.41, 5.74) is 1.73. The molecule has 1 fully saturated rings. The molecule has 0 bridgehead atoms. The fourth-order valence-electron chi connectivity index (χ4n) is 5.14. The van der Waals surface area contributed by atoms with Gasteiger partial charge in [0.25, 0.3) is 0 Å². The van der Waals surface area contributed by atoms with Crippen LogP contribution in [0.1, 0.15) is 43.7 Å². The van der Waals surface area contributed by atoms with Crippen molar-refractivity contribution in [2.24, 2.45) is 11.8 Å². The highest BCUT2D eigenvalue weighted by atomic mass is 35.5. The largest absolute Gasteiger partial charge is 0.355 e. The van der Waals surface area contributed by atoms with E-state index in [4.69, 9.17) is 23.2 Å². The predicted molar refractivity (Wildman–Crippen MR) is 117 cm³/mol. The monoisotopic (exact) mass is 430 g/mol. The van der Waals surface area contributed by atoms with Crippen LogP contribution < -0.4 is 10.6 Å². The van der Waals surface area contributed by atoms with Crippen molar-refractivity contribution in [2.45, 2.75) is 38.0 Å². The standard InChI is InChI=1S/C23H24Cl2N2O2/c1-13(2)8-15-10-21(28)26-12-19(14-4-3-5-16(24)9-14)23(15)18-7-6-17(25)11-20(18)27-22(23)29/h3-7,9,11,13,15,19H,8,10,12H2,1-2H3,(H,26,28)(H,27,29)/t15-,19-,23-/m0/s1. The van der Waals surface area contributed by atoms with Crippen LogP contribution in [0.2, 0.25) is 10.0 Å². The van der Waals surface area contributed by atoms with E-state index in [1.165, 1.54) is 0 Å². The van der Waals surface area contributed by atoms with Gasteiger partial charge in [-0.25, -0.2) is 0 Å². The lowest BCUT2D eigenvalue weighted by Crippen LogP contribution is -2.48. The Hall–Kier alpha value is -2.04. The number of anilines is 1. The summed E-state index contributed by atoms with van der Waals surface area (Å²) >= 11 is 12.5. The van der Waals surface area contributed by atoms with Crippen molar-refractivity contribution in [1.29, 1.82) is 0 Å². The van der Waals surface area contributed by atoms with Crippen molar-refractivity contribution < 1.29 is 9.59 Å². The van der Waals surface area contributed by atoms with Crippen molar-refractivity contribution in [3.63, 3.8) is 0 Å². The molecule has 0 aliphatic carbocycles. The molecule has 2 aromatic rings. The fourth-order valence-corrected chi connectivity index (χ4v) is 5.51. The lowest BCUT2D eigenvalue weighted by atomic mass is 9.59. The topological polar surface area (TPSA) is 58.2 Å². The van der Waals surface area contributed by atoms with Gasteiger partial charge in [0.1, 0.15) is 0 Å². The third-order valence-corrected chi connectivity index (χ3v) is 6.66. The molecule has 0 saturated carbocycles. The molecule has 2 aliphatic heterocycles. The van der Waals surface area contributed by atoms with E-state index in [-0.39, 0.29) is 23.7 Å². The smallest absolute Gasteiger partial charge is 0.236 e. The zero-order valence-electron chi connectivity index (χ0n) is 16.5. The summed E-state index contributed by atoms with van der Waals surface area (Å²) < 4.78 is 0. The third kappa shape index (κ3) is 3.43. The Bertz CT molecular complexity index is 975. The molecule has 6 heteroatoms. The molecular weight excluding hydrogens is 407 g/mol. The van der Waals surface area contributed by atoms with E-state index in [2.05, 4.69) is 24.5 Å². The van der Waals surface area contributed by atoms with Crippen LogP contribution in [0, 0.1) is 11.8 Å². The lowest BCUT2D eigenvalue weighted by Gasteiger charge is -2.41. The molecule has 2 aromatic carbocycles. The van der Waals surface area contributed by atoms with Gasteiger partial charge in [0.05, 0.1) is 5.41 Å². The van der Waals surface area contributed by atoms with Crippen molar-refractivity contribution in [1.82, 2.24) is 5.32 Å². The van der Waals surface area contributed by atoms with E-state index in [0.717, 1.165) is 23.2 Å². The molecule has 1 spiro atoms. The number of benzene rings is 2. The number of carbonyl (C=O) groups is 2. The Balaban J connectivity index is 1.99. The van der Waals surface area contributed by atoms with Crippen LogP contribution in [0.25, 0.3) is 0 Å². The van der Waals surface area contributed by atoms with Crippen molar-refractivity contribution >= 4 is 40.7 Å². The van der Waals surface area contributed by atoms with Crippen LogP contribution in [0.5, 0.6) is 0 Å². The van der Waals surface area contributed by atoms with Gasteiger partial charge in [-0.1, -0.05) is 55.2 Å². The minimum Gasteiger partial charge on any atom is -0.355 e. The molecule has 3 atom stereocenters. The summed E-state index contributed by atoms with van der Waals surface area (Å²) in [6, 6.07) is 13.2. The first-order valence-electron chi connectivity index (χ1n) is 9.96. The van der Waals surface area contributed by atoms with E-state index < -0.39 is 5.41 Å². The molecule has 4 nitrogen and oxygen atoms in total. The predicted octanol–water partition coefficient (Wildman–Crippen LogP) is 5.15. The van der Waals surface area contributed by atoms with E-state index in [9.17, 15) is 9.59 Å². The van der Waals surface area contributed by atoms with Crippen LogP contribution in [-0.2, 0) is 15.0 Å². The maximum Gasteiger partial charge on any atom is 0.236 e. The van der Waals surface area contributed by atoms with Gasteiger partial charge in [-0.2, -0.15) is 0 Å². The molecule has 2 heterocycles. The second-order valence-corrected chi connectivity index (χ2v) is 9.33. The highest BCUT2D eigenvalue weighted by Crippen LogP contribution is 2.55. The van der Waals surface area contributed by atoms with E-state index in [1.54, 1.807) is 6.07 Å². The summed E-state index contributed by atoms with van der Waals surface area (Å²) in [6.07, 6.45) is 1.07. The second-order valence-electron chi connectivity index (χ2n) is 8.46. The van der Waals surface area contributed by atoms with Gasteiger partial charge >= 0.3 is 0 Å². The Labute approximate surface area is 181 Å². The number of rotatable bonds is 3. The SMILES string of the molecule is CC(C)C[C@H]1CC(=O)NC[C@@H](c2cccc(Cl)c2)[C@]12C(=O)Nc1cc(Cl)ccc12. The highest BCUT2D eigenvalue weighted by Gasteiger charge is 2.58. The van der Waals surface area contributed by atoms with Crippen molar-refractivity contribution in [2.75, 3.05) is 11.9 Å². The Morgan fingerprint density at radius 1 is 1.10 bits per heavy atom. The van der Waals surface area contributed by atoms with Gasteiger partial charge in [0, 0.05) is 34.6 Å². The normalized spacial score (nSPS) is 26.2. The van der Waals surface area contributed by atoms with Gasteiger partial charge in [-0.15, -0.1) is 0 Å². The van der Waals surface area contributed by atoms with Gasteiger partial charge in [-0.05, 0) is 53.6 Å². The zero-order chi connectivity index (χ0) is 20.8. The minimum atomic E-state index is -0.867. The molecule has 0 unspecified atom stereocenters. The first kappa shape index (κ1) is 20.2. The highest BCUT2D eigenvalue weighted by molar-refractivity contribution is 6.31. The average Bonchev–Trinajstić information content (AvgIpc) is 2.83. The van der Waals surface area contributed by atoms with Gasteiger partial charge in [0.15, 0.2) is 0 Å². The number of hydrogen-bond acceptors (Lipinski definition) is 2. The van der Waals surface area contributed by atoms with Gasteiger partial charge < -0.3 is 10.6 Å². The van der Waals surface area contributed by atoms with Gasteiger partial charge in [0.2, 0.25) is 11.8 Å². The van der Waals surface area contributed by atoms with Crippen molar-refractivity contribution in [3.05, 3.63) is 63.6 Å². The maximum absolute atomic E-state index is 13.7. The summed E-state index contributed by atoms with van der Waals surface area (Å²) in [6.45, 7) is 4.63. The molecule has 4 rings (SSSR count). The van der Waals surface area contributed by atoms with Crippen LogP contribution >= 0.6 is 23.2 Å². The third-order valence-electron chi connectivity index (χ3n) is 6.19. The van der Waals surface area contributed by atoms with E-state index in [1.807, 2.05) is 36.4 Å². The molecule has 0 aromatic heterocycles. The van der Waals surface area contributed by atoms with Crippen LogP contribution in [-0.4, -0.2) is 18.4 Å². The van der Waals surface area contributed by atoms with Crippen molar-refractivity contribution in [3.8, 4) is 0 Å². The number of hydrogen-bond donors (Lipinski definition) is 2. The number of nitrogens with one attached hydrogen (secondary N) is 2.